The molecule has 0 amide bonds. The standard InChI is InChI=1S/C5H5N2O2.ClH.Hg/c1-7-3-2-4(8)6-5(7)9;;/h3H,1H3,(H,6,8,9);1H;/q;;+1/p-1. The molecule has 0 saturated carbocycles. The summed E-state index contributed by atoms with van der Waals surface area (Å²) < 4.78 is 1.95. The number of hydrogen-bond acceptors (Lipinski definition) is 2. The van der Waals surface area contributed by atoms with E-state index in [1.165, 1.54) is 10.8 Å². The number of rotatable bonds is 1. The Kier molecular flexibility index (Phi) is 2.89. The van der Waals surface area contributed by atoms with Crippen molar-refractivity contribution in [3.63, 3.8) is 0 Å². The van der Waals surface area contributed by atoms with Gasteiger partial charge >= 0.3 is 78.3 Å². The minimum atomic E-state index is -1.68. The maximum atomic E-state index is 10.9. The molecule has 0 aliphatic carbocycles. The van der Waals surface area contributed by atoms with Crippen LogP contribution in [0.25, 0.3) is 0 Å². The Morgan fingerprint density at radius 2 is 2.27 bits per heavy atom. The van der Waals surface area contributed by atoms with Gasteiger partial charge in [0.15, 0.2) is 0 Å². The van der Waals surface area contributed by atoms with Gasteiger partial charge in [-0.05, 0) is 0 Å². The van der Waals surface area contributed by atoms with Gasteiger partial charge in [-0.1, -0.05) is 0 Å². The van der Waals surface area contributed by atoms with Gasteiger partial charge in [0.2, 0.25) is 0 Å². The van der Waals surface area contributed by atoms with Crippen LogP contribution in [0.15, 0.2) is 15.8 Å². The molecule has 1 rings (SSSR count). The number of H-pyrrole nitrogens is 1. The van der Waals surface area contributed by atoms with E-state index in [-0.39, 0.29) is 5.56 Å². The zero-order valence-corrected chi connectivity index (χ0v) is 12.2. The number of aryl methyl sites for hydroxylation is 1. The van der Waals surface area contributed by atoms with Crippen LogP contribution in [0.3, 0.4) is 0 Å². The van der Waals surface area contributed by atoms with Gasteiger partial charge < -0.3 is 0 Å². The predicted molar refractivity (Wildman–Crippen MR) is 37.8 cm³/mol. The Morgan fingerprint density at radius 3 is 2.82 bits per heavy atom. The molecule has 0 aliphatic heterocycles. The zero-order valence-electron chi connectivity index (χ0n) is 5.93. The maximum absolute atomic E-state index is 10.9. The first-order chi connectivity index (χ1) is 5.15. The normalized spacial score (nSPS) is 9.27. The van der Waals surface area contributed by atoms with Gasteiger partial charge in [0.05, 0.1) is 0 Å². The fraction of sp³-hybridized carbons (Fsp3) is 0.200. The molecular formula is C5H5ClHgN2O2. The minimum absolute atomic E-state index is 0.315. The summed E-state index contributed by atoms with van der Waals surface area (Å²) in [6.45, 7) is 0. The molecule has 0 aromatic carbocycles. The van der Waals surface area contributed by atoms with Crippen molar-refractivity contribution in [3.8, 4) is 0 Å². The summed E-state index contributed by atoms with van der Waals surface area (Å²) in [4.78, 5) is 23.9. The molecule has 11 heavy (non-hydrogen) atoms. The van der Waals surface area contributed by atoms with E-state index in [4.69, 9.17) is 8.25 Å². The monoisotopic (exact) mass is 362 g/mol. The van der Waals surface area contributed by atoms with Crippen molar-refractivity contribution in [1.82, 2.24) is 9.55 Å². The van der Waals surface area contributed by atoms with Crippen LogP contribution < -0.4 is 14.3 Å². The molecule has 0 unspecified atom stereocenters. The first-order valence-electron chi connectivity index (χ1n) is 3.00. The molecule has 1 heterocycles. The van der Waals surface area contributed by atoms with Crippen molar-refractivity contribution in [3.05, 3.63) is 27.0 Å². The van der Waals surface area contributed by atoms with Gasteiger partial charge in [-0.15, -0.1) is 0 Å². The average molecular weight is 361 g/mol. The Labute approximate surface area is 78.1 Å². The number of aromatic amines is 1. The van der Waals surface area contributed by atoms with Crippen LogP contribution in [0.4, 0.5) is 0 Å². The van der Waals surface area contributed by atoms with Crippen molar-refractivity contribution >= 4 is 11.3 Å². The van der Waals surface area contributed by atoms with Crippen molar-refractivity contribution < 1.29 is 23.3 Å². The first kappa shape index (κ1) is 9.00. The second-order valence-electron chi connectivity index (χ2n) is 2.16. The van der Waals surface area contributed by atoms with E-state index in [2.05, 4.69) is 4.98 Å². The van der Waals surface area contributed by atoms with E-state index in [0.717, 1.165) is 0 Å². The van der Waals surface area contributed by atoms with Crippen molar-refractivity contribution in [1.29, 1.82) is 0 Å². The van der Waals surface area contributed by atoms with Crippen molar-refractivity contribution in [2.45, 2.75) is 0 Å². The van der Waals surface area contributed by atoms with Crippen LogP contribution in [0.2, 0.25) is 0 Å². The third-order valence-corrected chi connectivity index (χ3v) is 6.93. The molecule has 1 N–H and O–H groups in total. The van der Waals surface area contributed by atoms with Crippen molar-refractivity contribution in [2.24, 2.45) is 7.05 Å². The molecule has 4 nitrogen and oxygen atoms in total. The number of halogens is 1. The molecule has 56 valence electrons. The Morgan fingerprint density at radius 1 is 1.64 bits per heavy atom. The Bertz CT molecular complexity index is 369. The van der Waals surface area contributed by atoms with Crippen LogP contribution >= 0.6 is 8.25 Å². The third kappa shape index (κ3) is 1.93. The topological polar surface area (TPSA) is 54.9 Å². The summed E-state index contributed by atoms with van der Waals surface area (Å²) in [6.07, 6.45) is 1.52. The molecule has 0 spiro atoms. The predicted octanol–water partition coefficient (Wildman–Crippen LogP) is -1.06. The second kappa shape index (κ2) is 3.54. The van der Waals surface area contributed by atoms with E-state index in [1.807, 2.05) is 0 Å². The summed E-state index contributed by atoms with van der Waals surface area (Å²) in [5.41, 5.74) is -0.706. The summed E-state index contributed by atoms with van der Waals surface area (Å²) in [5, 5.41) is 0. The van der Waals surface area contributed by atoms with Gasteiger partial charge in [0, 0.05) is 0 Å². The third-order valence-electron chi connectivity index (χ3n) is 1.33. The quantitative estimate of drug-likeness (QED) is 0.649. The number of aromatic nitrogens is 2. The molecule has 0 radical (unpaired) electrons. The van der Waals surface area contributed by atoms with Gasteiger partial charge in [0.25, 0.3) is 0 Å². The zero-order chi connectivity index (χ0) is 8.43. The van der Waals surface area contributed by atoms with Crippen LogP contribution in [0.5, 0.6) is 0 Å². The van der Waals surface area contributed by atoms with Crippen LogP contribution in [-0.2, 0) is 30.4 Å². The number of nitrogens with zero attached hydrogens (tertiary/aromatic N) is 1. The van der Waals surface area contributed by atoms with Gasteiger partial charge in [-0.2, -0.15) is 0 Å². The summed E-state index contributed by atoms with van der Waals surface area (Å²) in [7, 11) is 7.23. The molecule has 6 heteroatoms. The molecule has 0 aliphatic rings. The Balaban J connectivity index is 3.45. The van der Waals surface area contributed by atoms with E-state index in [0.29, 0.717) is 3.07 Å². The van der Waals surface area contributed by atoms with Crippen LogP contribution in [0, 0.1) is 0 Å². The Hall–Kier alpha value is -0.0949. The summed E-state index contributed by atoms with van der Waals surface area (Å²) in [5.74, 6) is 0. The number of nitrogens with one attached hydrogen (secondary N) is 1. The van der Waals surface area contributed by atoms with Gasteiger partial charge in [0.1, 0.15) is 0 Å². The molecule has 1 aromatic heterocycles. The second-order valence-corrected chi connectivity index (χ2v) is 8.50. The van der Waals surface area contributed by atoms with Crippen molar-refractivity contribution in [2.75, 3.05) is 0 Å². The molecule has 0 atom stereocenters. The van der Waals surface area contributed by atoms with Gasteiger partial charge in [-0.3, -0.25) is 0 Å². The fourth-order valence-electron chi connectivity index (χ4n) is 0.712. The van der Waals surface area contributed by atoms with Gasteiger partial charge in [-0.25, -0.2) is 0 Å². The van der Waals surface area contributed by atoms with E-state index in [1.54, 1.807) is 7.05 Å². The molecular weight excluding hydrogens is 356 g/mol. The average Bonchev–Trinajstić information content (AvgIpc) is 1.97. The summed E-state index contributed by atoms with van der Waals surface area (Å²) in [6, 6.07) is 0. The molecule has 0 bridgehead atoms. The fourth-order valence-corrected chi connectivity index (χ4v) is 4.53. The van der Waals surface area contributed by atoms with E-state index >= 15 is 0 Å². The SMILES string of the molecule is Cn1c[c]([Hg][Cl])c(=O)[nH]c1=O. The van der Waals surface area contributed by atoms with E-state index in [9.17, 15) is 9.59 Å². The molecule has 0 saturated heterocycles. The van der Waals surface area contributed by atoms with E-state index < -0.39 is 29.0 Å². The number of hydrogen-bond donors (Lipinski definition) is 1. The van der Waals surface area contributed by atoms with Crippen LogP contribution in [0.1, 0.15) is 0 Å². The van der Waals surface area contributed by atoms with Crippen LogP contribution in [-0.4, -0.2) is 9.55 Å². The summed E-state index contributed by atoms with van der Waals surface area (Å²) >= 11 is -1.68. The first-order valence-corrected chi connectivity index (χ1v) is 12.5. The molecule has 0 fully saturated rings. The molecule has 1 aromatic rings.